The molecule has 0 aromatic heterocycles. The highest BCUT2D eigenvalue weighted by molar-refractivity contribution is 7.90. The molecule has 314 valence electrons. The van der Waals surface area contributed by atoms with Gasteiger partial charge in [-0.3, -0.25) is 33.6 Å². The quantitative estimate of drug-likeness (QED) is 0.0631. The Labute approximate surface area is 329 Å². The molecule has 56 heavy (non-hydrogen) atoms. The first-order valence-electron chi connectivity index (χ1n) is 18.3. The van der Waals surface area contributed by atoms with Crippen LogP contribution in [-0.4, -0.2) is 120 Å². The van der Waals surface area contributed by atoms with Crippen LogP contribution in [0, 0.1) is 18.3 Å². The average Bonchev–Trinajstić information content (AvgIpc) is 3.05. The smallest absolute Gasteiger partial charge is 0.475 e. The third-order valence-corrected chi connectivity index (χ3v) is 9.66. The Morgan fingerprint density at radius 2 is 1.29 bits per heavy atom. The van der Waals surface area contributed by atoms with Gasteiger partial charge in [-0.05, 0) is 48.6 Å². The van der Waals surface area contributed by atoms with Crippen LogP contribution in [0.1, 0.15) is 85.3 Å². The van der Waals surface area contributed by atoms with E-state index in [9.17, 15) is 57.1 Å². The molecule has 0 aliphatic heterocycles. The van der Waals surface area contributed by atoms with E-state index in [-0.39, 0.29) is 25.2 Å². The standard InChI is InChI=1S/C36H59BN6O12S/c1-10-28(37(52)53)42-33(49)25(17-20(2)3)41-35(51)30(36(6,7)8)43-34(50)26(18-23-14-12-11-13-21(23)4)40-31(47)24(15-16-56(9,54)55)39-32(48)27(19-29(45)46)38-22(5)44/h11-14,20,24-28,30,52-53H,10,15-19H2,1-9H3,(H,38,44)(H,39,48)(H,40,47)(H,41,51)(H,42,49)(H,43,50)(H,45,46)/t24-,25-,26-,27-,28?,30+/m0/s1. The first kappa shape index (κ1) is 49.5. The Kier molecular flexibility index (Phi) is 19.7. The van der Waals surface area contributed by atoms with Crippen LogP contribution >= 0.6 is 0 Å². The first-order chi connectivity index (χ1) is 25.7. The van der Waals surface area contributed by atoms with Crippen LogP contribution < -0.4 is 31.9 Å². The molecule has 0 aliphatic rings. The largest absolute Gasteiger partial charge is 0.481 e. The summed E-state index contributed by atoms with van der Waals surface area (Å²) in [5.41, 5.74) is 0.399. The van der Waals surface area contributed by atoms with Crippen molar-refractivity contribution in [1.82, 2.24) is 31.9 Å². The molecule has 1 aromatic carbocycles. The number of amides is 6. The van der Waals surface area contributed by atoms with Gasteiger partial charge >= 0.3 is 13.1 Å². The van der Waals surface area contributed by atoms with E-state index in [2.05, 4.69) is 31.9 Å². The number of hydrogen-bond acceptors (Lipinski definition) is 11. The maximum absolute atomic E-state index is 14.2. The number of rotatable bonds is 22. The van der Waals surface area contributed by atoms with Gasteiger partial charge in [-0.15, -0.1) is 0 Å². The summed E-state index contributed by atoms with van der Waals surface area (Å²) >= 11 is 0. The molecule has 6 atom stereocenters. The highest BCUT2D eigenvalue weighted by atomic mass is 32.2. The zero-order chi connectivity index (χ0) is 43.1. The van der Waals surface area contributed by atoms with Crippen LogP contribution in [0.3, 0.4) is 0 Å². The lowest BCUT2D eigenvalue weighted by atomic mass is 9.77. The molecule has 9 N–H and O–H groups in total. The molecule has 0 heterocycles. The number of aliphatic carboxylic acids is 1. The lowest BCUT2D eigenvalue weighted by Gasteiger charge is -2.34. The predicted octanol–water partition coefficient (Wildman–Crippen LogP) is -1.11. The van der Waals surface area contributed by atoms with Crippen LogP contribution in [0.15, 0.2) is 24.3 Å². The van der Waals surface area contributed by atoms with Crippen molar-refractivity contribution in [3.63, 3.8) is 0 Å². The van der Waals surface area contributed by atoms with E-state index >= 15 is 0 Å². The third kappa shape index (κ3) is 17.9. The number of nitrogens with one attached hydrogen (secondary N) is 6. The van der Waals surface area contributed by atoms with Crippen molar-refractivity contribution in [2.24, 2.45) is 11.3 Å². The molecule has 1 aromatic rings. The molecular formula is C36H59BN6O12S. The summed E-state index contributed by atoms with van der Waals surface area (Å²) < 4.78 is 24.2. The number of carboxylic acid groups (broad SMARTS) is 1. The van der Waals surface area contributed by atoms with Gasteiger partial charge in [0.15, 0.2) is 0 Å². The maximum Gasteiger partial charge on any atom is 0.475 e. The molecule has 1 unspecified atom stereocenters. The maximum atomic E-state index is 14.2. The number of aryl methyl sites for hydroxylation is 1. The average molecular weight is 811 g/mol. The molecule has 0 fully saturated rings. The normalized spacial score (nSPS) is 14.9. The van der Waals surface area contributed by atoms with Crippen LogP contribution in [-0.2, 0) is 49.8 Å². The predicted molar refractivity (Wildman–Crippen MR) is 208 cm³/mol. The van der Waals surface area contributed by atoms with Crippen molar-refractivity contribution in [3.8, 4) is 0 Å². The number of carboxylic acids is 1. The Balaban J connectivity index is 3.58. The van der Waals surface area contributed by atoms with Gasteiger partial charge in [0, 0.05) is 19.6 Å². The Hall–Kier alpha value is -4.56. The number of hydrogen-bond donors (Lipinski definition) is 9. The second kappa shape index (κ2) is 22.3. The minimum Gasteiger partial charge on any atom is -0.481 e. The fourth-order valence-corrected chi connectivity index (χ4v) is 6.25. The van der Waals surface area contributed by atoms with E-state index in [0.717, 1.165) is 18.7 Å². The SMILES string of the molecule is CCC(NC(=O)[C@H](CC(C)C)NC(=O)[C@@H](NC(=O)[C@H](Cc1ccccc1C)NC(=O)[C@H](CCS(C)(=O)=O)NC(=O)[C@H](CC(=O)O)NC(C)=O)C(C)(C)C)B(O)O. The molecule has 0 aliphatic carbocycles. The van der Waals surface area contributed by atoms with Crippen LogP contribution in [0.2, 0.25) is 0 Å². The lowest BCUT2D eigenvalue weighted by molar-refractivity contribution is -0.141. The van der Waals surface area contributed by atoms with Crippen LogP contribution in [0.5, 0.6) is 0 Å². The number of carbonyl (C=O) groups excluding carboxylic acids is 6. The summed E-state index contributed by atoms with van der Waals surface area (Å²) in [6.07, 6.45) is -0.174. The third-order valence-electron chi connectivity index (χ3n) is 8.68. The van der Waals surface area contributed by atoms with Gasteiger partial charge in [0.2, 0.25) is 35.4 Å². The number of carbonyl (C=O) groups is 7. The van der Waals surface area contributed by atoms with E-state index in [1.807, 2.05) is 13.8 Å². The second-order valence-electron chi connectivity index (χ2n) is 15.5. The zero-order valence-corrected chi connectivity index (χ0v) is 34.4. The van der Waals surface area contributed by atoms with Crippen LogP contribution in [0.4, 0.5) is 0 Å². The van der Waals surface area contributed by atoms with Crippen molar-refractivity contribution in [2.45, 2.75) is 124 Å². The van der Waals surface area contributed by atoms with Gasteiger partial charge in [-0.2, -0.15) is 0 Å². The van der Waals surface area contributed by atoms with Gasteiger partial charge in [0.1, 0.15) is 40.0 Å². The van der Waals surface area contributed by atoms with E-state index in [4.69, 9.17) is 0 Å². The molecule has 0 saturated heterocycles. The molecule has 6 amide bonds. The summed E-state index contributed by atoms with van der Waals surface area (Å²) in [7, 11) is -5.54. The molecular weight excluding hydrogens is 751 g/mol. The highest BCUT2D eigenvalue weighted by Gasteiger charge is 2.38. The molecule has 0 spiro atoms. The lowest BCUT2D eigenvalue weighted by Crippen LogP contribution is -2.62. The highest BCUT2D eigenvalue weighted by Crippen LogP contribution is 2.21. The molecule has 0 bridgehead atoms. The topological polar surface area (TPSA) is 286 Å². The minimum absolute atomic E-state index is 0.0876. The molecule has 18 nitrogen and oxygen atoms in total. The molecule has 20 heteroatoms. The van der Waals surface area contributed by atoms with Crippen molar-refractivity contribution in [1.29, 1.82) is 0 Å². The molecule has 0 saturated carbocycles. The number of benzene rings is 1. The van der Waals surface area contributed by atoms with Crippen molar-refractivity contribution in [2.75, 3.05) is 12.0 Å². The van der Waals surface area contributed by atoms with Crippen molar-refractivity contribution >= 4 is 58.4 Å². The first-order valence-corrected chi connectivity index (χ1v) is 20.4. The van der Waals surface area contributed by atoms with Gasteiger partial charge in [0.25, 0.3) is 0 Å². The summed E-state index contributed by atoms with van der Waals surface area (Å²) in [6.45, 7) is 13.1. The Morgan fingerprint density at radius 1 is 0.768 bits per heavy atom. The minimum atomic E-state index is -3.70. The van der Waals surface area contributed by atoms with Gasteiger partial charge in [0.05, 0.1) is 18.1 Å². The van der Waals surface area contributed by atoms with E-state index in [0.29, 0.717) is 5.56 Å². The van der Waals surface area contributed by atoms with Gasteiger partial charge in [-0.1, -0.05) is 65.8 Å². The van der Waals surface area contributed by atoms with E-state index in [1.165, 1.54) is 0 Å². The van der Waals surface area contributed by atoms with Crippen molar-refractivity contribution < 1.29 is 57.1 Å². The van der Waals surface area contributed by atoms with Gasteiger partial charge in [-0.25, -0.2) is 8.42 Å². The summed E-state index contributed by atoms with van der Waals surface area (Å²) in [6, 6.07) is -0.108. The fourth-order valence-electron chi connectivity index (χ4n) is 5.59. The Morgan fingerprint density at radius 3 is 1.77 bits per heavy atom. The molecule has 1 rings (SSSR count). The van der Waals surface area contributed by atoms with E-state index < -0.39 is 119 Å². The zero-order valence-electron chi connectivity index (χ0n) is 33.6. The molecule has 0 radical (unpaired) electrons. The van der Waals surface area contributed by atoms with E-state index in [1.54, 1.807) is 58.9 Å². The van der Waals surface area contributed by atoms with Crippen molar-refractivity contribution in [3.05, 3.63) is 35.4 Å². The summed E-state index contributed by atoms with van der Waals surface area (Å²) in [4.78, 5) is 91.5. The van der Waals surface area contributed by atoms with Crippen LogP contribution in [0.25, 0.3) is 0 Å². The second-order valence-corrected chi connectivity index (χ2v) is 17.7. The monoisotopic (exact) mass is 810 g/mol. The summed E-state index contributed by atoms with van der Waals surface area (Å²) in [5.74, 6) is -8.19. The fraction of sp³-hybridized carbons (Fsp3) is 0.639. The van der Waals surface area contributed by atoms with Gasteiger partial charge < -0.3 is 47.1 Å². The summed E-state index contributed by atoms with van der Waals surface area (Å²) in [5, 5.41) is 43.6. The Bertz CT molecular complexity index is 1650. The number of sulfone groups is 1.